The lowest BCUT2D eigenvalue weighted by Crippen LogP contribution is -2.57. The number of aliphatic hydroxyl groups is 1. The van der Waals surface area contributed by atoms with Crippen molar-refractivity contribution in [2.24, 2.45) is 0 Å². The van der Waals surface area contributed by atoms with Crippen LogP contribution in [0.4, 0.5) is 4.79 Å². The molecule has 0 spiro atoms. The van der Waals surface area contributed by atoms with E-state index in [0.29, 0.717) is 6.54 Å². The molecule has 0 bridgehead atoms. The van der Waals surface area contributed by atoms with Crippen LogP contribution in [0.3, 0.4) is 0 Å². The largest absolute Gasteiger partial charge is 0.443 e. The number of rotatable bonds is 4. The summed E-state index contributed by atoms with van der Waals surface area (Å²) in [5, 5.41) is 12.2. The van der Waals surface area contributed by atoms with Crippen molar-refractivity contribution in [1.82, 2.24) is 20.7 Å². The Morgan fingerprint density at radius 1 is 1.59 bits per heavy atom. The van der Waals surface area contributed by atoms with Crippen molar-refractivity contribution in [2.75, 3.05) is 13.1 Å². The zero-order valence-corrected chi connectivity index (χ0v) is 14.0. The molecule has 7 nitrogen and oxygen atoms in total. The van der Waals surface area contributed by atoms with Crippen molar-refractivity contribution in [3.8, 4) is 0 Å². The number of hydrogen-bond donors (Lipinski definition) is 3. The van der Waals surface area contributed by atoms with Gasteiger partial charge in [0.25, 0.3) is 0 Å². The van der Waals surface area contributed by atoms with Crippen LogP contribution in [0, 0.1) is 0 Å². The number of piperidine rings is 1. The SMILES string of the molecule is CC(C)(C)OC(=O)NN[C@H]1CCN(Cc2cscn2)C[C@H]1O. The molecule has 124 valence electrons. The molecule has 0 saturated carbocycles. The molecule has 1 aromatic heterocycles. The normalized spacial score (nSPS) is 23.3. The van der Waals surface area contributed by atoms with Gasteiger partial charge < -0.3 is 9.84 Å². The molecule has 2 heterocycles. The number of aromatic nitrogens is 1. The summed E-state index contributed by atoms with van der Waals surface area (Å²) in [4.78, 5) is 18.0. The van der Waals surface area contributed by atoms with Crippen LogP contribution in [0.5, 0.6) is 0 Å². The van der Waals surface area contributed by atoms with Crippen LogP contribution in [0.25, 0.3) is 0 Å². The molecule has 0 radical (unpaired) electrons. The molecule has 1 aromatic rings. The molecule has 3 N–H and O–H groups in total. The minimum atomic E-state index is -0.553. The van der Waals surface area contributed by atoms with Crippen molar-refractivity contribution in [1.29, 1.82) is 0 Å². The van der Waals surface area contributed by atoms with Crippen LogP contribution in [0.15, 0.2) is 10.9 Å². The van der Waals surface area contributed by atoms with Gasteiger partial charge >= 0.3 is 6.09 Å². The molecule has 0 aromatic carbocycles. The van der Waals surface area contributed by atoms with Gasteiger partial charge in [0.1, 0.15) is 5.60 Å². The van der Waals surface area contributed by atoms with E-state index in [9.17, 15) is 9.90 Å². The smallest absolute Gasteiger partial charge is 0.422 e. The number of hydrogen-bond acceptors (Lipinski definition) is 7. The summed E-state index contributed by atoms with van der Waals surface area (Å²) in [5.41, 5.74) is 7.65. The third kappa shape index (κ3) is 5.53. The molecule has 1 fully saturated rings. The van der Waals surface area contributed by atoms with Crippen LogP contribution in [0.1, 0.15) is 32.9 Å². The Balaban J connectivity index is 1.73. The molecule has 1 aliphatic rings. The van der Waals surface area contributed by atoms with Crippen LogP contribution < -0.4 is 10.9 Å². The number of carbonyl (C=O) groups is 1. The Hall–Kier alpha value is -1.22. The molecule has 2 atom stereocenters. The Morgan fingerprint density at radius 3 is 2.95 bits per heavy atom. The number of likely N-dealkylation sites (tertiary alicyclic amines) is 1. The summed E-state index contributed by atoms with van der Waals surface area (Å²) in [5.74, 6) is 0. The number of aliphatic hydroxyl groups excluding tert-OH is 1. The van der Waals surface area contributed by atoms with E-state index in [2.05, 4.69) is 20.7 Å². The van der Waals surface area contributed by atoms with Crippen LogP contribution in [-0.2, 0) is 11.3 Å². The highest BCUT2D eigenvalue weighted by molar-refractivity contribution is 7.07. The van der Waals surface area contributed by atoms with Gasteiger partial charge in [-0.1, -0.05) is 0 Å². The lowest BCUT2D eigenvalue weighted by atomic mass is 10.0. The highest BCUT2D eigenvalue weighted by atomic mass is 32.1. The number of thiazole rings is 1. The zero-order valence-electron chi connectivity index (χ0n) is 13.2. The van der Waals surface area contributed by atoms with Crippen LogP contribution in [0.2, 0.25) is 0 Å². The average molecular weight is 328 g/mol. The van der Waals surface area contributed by atoms with E-state index >= 15 is 0 Å². The van der Waals surface area contributed by atoms with E-state index in [1.54, 1.807) is 32.1 Å². The number of amides is 1. The fourth-order valence-electron chi connectivity index (χ4n) is 2.31. The Kier molecular flexibility index (Phi) is 5.74. The maximum absolute atomic E-state index is 11.6. The maximum Gasteiger partial charge on any atom is 0.422 e. The molecule has 1 amide bonds. The van der Waals surface area contributed by atoms with Gasteiger partial charge in [-0.2, -0.15) is 0 Å². The number of hydrazine groups is 1. The van der Waals surface area contributed by atoms with Gasteiger partial charge in [0.15, 0.2) is 0 Å². The predicted molar refractivity (Wildman–Crippen MR) is 84.3 cm³/mol. The molecular formula is C14H24N4O3S. The molecular weight excluding hydrogens is 304 g/mol. The first-order chi connectivity index (χ1) is 10.3. The molecule has 1 aliphatic heterocycles. The number of β-amino-alcohol motifs (C(OH)–C–C–N with tert-alkyl or cyclic N) is 1. The summed E-state index contributed by atoms with van der Waals surface area (Å²) < 4.78 is 5.14. The van der Waals surface area contributed by atoms with Crippen molar-refractivity contribution in [2.45, 2.75) is 51.5 Å². The van der Waals surface area contributed by atoms with Crippen LogP contribution >= 0.6 is 11.3 Å². The van der Waals surface area contributed by atoms with Gasteiger partial charge in [0, 0.05) is 25.0 Å². The minimum Gasteiger partial charge on any atom is -0.443 e. The summed E-state index contributed by atoms with van der Waals surface area (Å²) in [6.07, 6.45) is -0.354. The van der Waals surface area contributed by atoms with E-state index in [1.165, 1.54) is 0 Å². The second-order valence-electron chi connectivity index (χ2n) is 6.45. The highest BCUT2D eigenvalue weighted by Gasteiger charge is 2.28. The fraction of sp³-hybridized carbons (Fsp3) is 0.714. The van der Waals surface area contributed by atoms with Crippen molar-refractivity contribution in [3.05, 3.63) is 16.6 Å². The third-order valence-electron chi connectivity index (χ3n) is 3.29. The average Bonchev–Trinajstić information content (AvgIpc) is 2.88. The standard InChI is InChI=1S/C14H24N4O3S/c1-14(2,3)21-13(20)17-16-11-4-5-18(7-12(11)19)6-10-8-22-9-15-10/h8-9,11-12,16,19H,4-7H2,1-3H3,(H,17,20)/t11-,12+/m0/s1. The van der Waals surface area contributed by atoms with Gasteiger partial charge in [-0.05, 0) is 27.2 Å². The fourth-order valence-corrected chi connectivity index (χ4v) is 2.86. The van der Waals surface area contributed by atoms with Crippen molar-refractivity contribution >= 4 is 17.4 Å². The number of nitrogens with one attached hydrogen (secondary N) is 2. The monoisotopic (exact) mass is 328 g/mol. The molecule has 8 heteroatoms. The number of carbonyl (C=O) groups excluding carboxylic acids is 1. The number of ether oxygens (including phenoxy) is 1. The van der Waals surface area contributed by atoms with Crippen molar-refractivity contribution < 1.29 is 14.6 Å². The molecule has 2 rings (SSSR count). The Morgan fingerprint density at radius 2 is 2.36 bits per heavy atom. The second kappa shape index (κ2) is 7.36. The van der Waals surface area contributed by atoms with Gasteiger partial charge in [-0.15, -0.1) is 11.3 Å². The first kappa shape index (κ1) is 17.1. The predicted octanol–water partition coefficient (Wildman–Crippen LogP) is 1.11. The summed E-state index contributed by atoms with van der Waals surface area (Å²) in [6.45, 7) is 7.54. The number of nitrogens with zero attached hydrogens (tertiary/aromatic N) is 2. The van der Waals surface area contributed by atoms with E-state index in [1.807, 2.05) is 10.9 Å². The zero-order chi connectivity index (χ0) is 16.2. The van der Waals surface area contributed by atoms with Gasteiger partial charge in [0.2, 0.25) is 0 Å². The molecule has 0 aliphatic carbocycles. The molecule has 1 saturated heterocycles. The highest BCUT2D eigenvalue weighted by Crippen LogP contribution is 2.14. The van der Waals surface area contributed by atoms with Crippen molar-refractivity contribution in [3.63, 3.8) is 0 Å². The Bertz CT molecular complexity index is 475. The molecule has 22 heavy (non-hydrogen) atoms. The second-order valence-corrected chi connectivity index (χ2v) is 7.17. The lowest BCUT2D eigenvalue weighted by Gasteiger charge is -2.36. The first-order valence-corrected chi connectivity index (χ1v) is 8.30. The maximum atomic E-state index is 11.6. The van der Waals surface area contributed by atoms with Gasteiger partial charge in [-0.25, -0.2) is 15.2 Å². The topological polar surface area (TPSA) is 86.7 Å². The van der Waals surface area contributed by atoms with E-state index < -0.39 is 17.8 Å². The quantitative estimate of drug-likeness (QED) is 0.718. The van der Waals surface area contributed by atoms with E-state index in [-0.39, 0.29) is 6.04 Å². The van der Waals surface area contributed by atoms with E-state index in [4.69, 9.17) is 4.74 Å². The third-order valence-corrected chi connectivity index (χ3v) is 3.93. The summed E-state index contributed by atoms with van der Waals surface area (Å²) in [7, 11) is 0. The van der Waals surface area contributed by atoms with Gasteiger partial charge in [0.05, 0.1) is 23.4 Å². The van der Waals surface area contributed by atoms with E-state index in [0.717, 1.165) is 25.2 Å². The Labute approximate surface area is 134 Å². The van der Waals surface area contributed by atoms with Gasteiger partial charge in [-0.3, -0.25) is 10.3 Å². The summed E-state index contributed by atoms with van der Waals surface area (Å²) in [6, 6.07) is -0.181. The first-order valence-electron chi connectivity index (χ1n) is 7.35. The summed E-state index contributed by atoms with van der Waals surface area (Å²) >= 11 is 1.57. The minimum absolute atomic E-state index is 0.181. The van der Waals surface area contributed by atoms with Crippen LogP contribution in [-0.4, -0.2) is 51.9 Å². The lowest BCUT2D eigenvalue weighted by molar-refractivity contribution is 0.0222. The molecule has 0 unspecified atom stereocenters.